The Morgan fingerprint density at radius 3 is 2.65 bits per heavy atom. The summed E-state index contributed by atoms with van der Waals surface area (Å²) in [6.45, 7) is 5.87. The monoisotopic (exact) mass is 456 g/mol. The van der Waals surface area contributed by atoms with Crippen LogP contribution in [-0.4, -0.2) is 51.9 Å². The summed E-state index contributed by atoms with van der Waals surface area (Å²) in [5.74, 6) is 1.23. The number of ketones is 1. The molecule has 1 aromatic heterocycles. The van der Waals surface area contributed by atoms with Crippen LogP contribution in [0.5, 0.6) is 0 Å². The van der Waals surface area contributed by atoms with Gasteiger partial charge < -0.3 is 15.3 Å². The van der Waals surface area contributed by atoms with E-state index >= 15 is 0 Å². The standard InChI is InChI=1S/C28H32N4O2/c1-19(33)21-11-12-23-22(17-21)18-24-25(23)27(29-13-8-16-32-14-6-3-7-15-32)31-28(30-24)26(34)20-9-4-2-5-10-20/h2,4-5,9-12,17,26,34H,3,6-8,13-16,18H2,1H3,(H,29,30,31). The van der Waals surface area contributed by atoms with Gasteiger partial charge in [-0.25, -0.2) is 9.97 Å². The predicted octanol–water partition coefficient (Wildman–Crippen LogP) is 4.62. The zero-order chi connectivity index (χ0) is 23.5. The first-order valence-electron chi connectivity index (χ1n) is 12.3. The third-order valence-corrected chi connectivity index (χ3v) is 6.89. The van der Waals surface area contributed by atoms with Crippen molar-refractivity contribution in [2.75, 3.05) is 31.5 Å². The molecule has 0 amide bonds. The normalized spacial score (nSPS) is 16.1. The maximum atomic E-state index is 11.9. The highest BCUT2D eigenvalue weighted by atomic mass is 16.3. The van der Waals surface area contributed by atoms with Crippen molar-refractivity contribution in [3.8, 4) is 11.1 Å². The highest BCUT2D eigenvalue weighted by Crippen LogP contribution is 2.41. The summed E-state index contributed by atoms with van der Waals surface area (Å²) in [5.41, 5.74) is 5.52. The van der Waals surface area contributed by atoms with Crippen LogP contribution in [0.1, 0.15) is 71.7 Å². The average Bonchev–Trinajstić information content (AvgIpc) is 3.25. The predicted molar refractivity (Wildman–Crippen MR) is 134 cm³/mol. The molecule has 1 unspecified atom stereocenters. The Kier molecular flexibility index (Phi) is 6.70. The second-order valence-electron chi connectivity index (χ2n) is 9.35. The molecule has 2 heterocycles. The molecule has 1 aliphatic carbocycles. The fourth-order valence-electron chi connectivity index (χ4n) is 5.05. The Labute approximate surface area is 201 Å². The molecule has 2 aliphatic rings. The molecule has 6 nitrogen and oxygen atoms in total. The van der Waals surface area contributed by atoms with Crippen molar-refractivity contribution < 1.29 is 9.90 Å². The number of aromatic nitrogens is 2. The minimum absolute atomic E-state index is 0.0566. The van der Waals surface area contributed by atoms with Gasteiger partial charge in [-0.05, 0) is 68.6 Å². The van der Waals surface area contributed by atoms with Crippen molar-refractivity contribution in [1.29, 1.82) is 0 Å². The van der Waals surface area contributed by atoms with Crippen LogP contribution in [0.25, 0.3) is 11.1 Å². The number of rotatable bonds is 8. The minimum atomic E-state index is -0.892. The number of anilines is 1. The Hall–Kier alpha value is -3.09. The highest BCUT2D eigenvalue weighted by Gasteiger charge is 2.27. The van der Waals surface area contributed by atoms with Gasteiger partial charge >= 0.3 is 0 Å². The lowest BCUT2D eigenvalue weighted by molar-refractivity contribution is 0.101. The maximum Gasteiger partial charge on any atom is 0.164 e. The summed E-state index contributed by atoms with van der Waals surface area (Å²) in [5, 5.41) is 14.6. The first kappa shape index (κ1) is 22.7. The van der Waals surface area contributed by atoms with Crippen LogP contribution in [0.4, 0.5) is 5.82 Å². The van der Waals surface area contributed by atoms with Gasteiger partial charge in [0.1, 0.15) is 11.9 Å². The first-order valence-corrected chi connectivity index (χ1v) is 12.3. The van der Waals surface area contributed by atoms with Crippen LogP contribution >= 0.6 is 0 Å². The van der Waals surface area contributed by atoms with Crippen LogP contribution in [-0.2, 0) is 6.42 Å². The van der Waals surface area contributed by atoms with Gasteiger partial charge in [-0.3, -0.25) is 4.79 Å². The summed E-state index contributed by atoms with van der Waals surface area (Å²) >= 11 is 0. The van der Waals surface area contributed by atoms with Crippen LogP contribution in [0.3, 0.4) is 0 Å². The van der Waals surface area contributed by atoms with E-state index in [0.717, 1.165) is 53.3 Å². The summed E-state index contributed by atoms with van der Waals surface area (Å²) < 4.78 is 0. The van der Waals surface area contributed by atoms with Crippen molar-refractivity contribution in [2.45, 2.75) is 45.1 Å². The fourth-order valence-corrected chi connectivity index (χ4v) is 5.05. The van der Waals surface area contributed by atoms with E-state index in [4.69, 9.17) is 9.97 Å². The number of likely N-dealkylation sites (tertiary alicyclic amines) is 1. The fraction of sp³-hybridized carbons (Fsp3) is 0.393. The lowest BCUT2D eigenvalue weighted by atomic mass is 10.0. The van der Waals surface area contributed by atoms with Gasteiger partial charge in [0.15, 0.2) is 11.6 Å². The largest absolute Gasteiger partial charge is 0.380 e. The number of carbonyl (C=O) groups is 1. The zero-order valence-corrected chi connectivity index (χ0v) is 19.8. The quantitative estimate of drug-likeness (QED) is 0.298. The number of aliphatic hydroxyl groups excluding tert-OH is 1. The third-order valence-electron chi connectivity index (χ3n) is 6.89. The van der Waals surface area contributed by atoms with E-state index < -0.39 is 6.10 Å². The van der Waals surface area contributed by atoms with Crippen LogP contribution in [0.2, 0.25) is 0 Å². The third kappa shape index (κ3) is 4.74. The molecule has 1 saturated heterocycles. The molecule has 0 spiro atoms. The molecule has 1 atom stereocenters. The molecular formula is C28H32N4O2. The van der Waals surface area contributed by atoms with Crippen LogP contribution < -0.4 is 5.32 Å². The van der Waals surface area contributed by atoms with Gasteiger partial charge in [0.25, 0.3) is 0 Å². The molecule has 176 valence electrons. The van der Waals surface area contributed by atoms with Gasteiger partial charge in [-0.1, -0.05) is 48.9 Å². The molecule has 2 aromatic carbocycles. The molecule has 6 heteroatoms. The van der Waals surface area contributed by atoms with E-state index in [-0.39, 0.29) is 5.78 Å². The molecule has 1 fully saturated rings. The number of carbonyl (C=O) groups excluding carboxylic acids is 1. The van der Waals surface area contributed by atoms with E-state index in [0.29, 0.717) is 17.8 Å². The van der Waals surface area contributed by atoms with Gasteiger partial charge in [-0.2, -0.15) is 0 Å². The molecule has 5 rings (SSSR count). The molecule has 1 aliphatic heterocycles. The molecule has 2 N–H and O–H groups in total. The van der Waals surface area contributed by atoms with E-state index in [1.165, 1.54) is 32.4 Å². The summed E-state index contributed by atoms with van der Waals surface area (Å²) in [7, 11) is 0. The van der Waals surface area contributed by atoms with E-state index in [9.17, 15) is 9.90 Å². The van der Waals surface area contributed by atoms with Gasteiger partial charge in [0.2, 0.25) is 0 Å². The maximum absolute atomic E-state index is 11.9. The molecule has 0 saturated carbocycles. The number of aliphatic hydroxyl groups is 1. The van der Waals surface area contributed by atoms with Crippen LogP contribution in [0, 0.1) is 0 Å². The van der Waals surface area contributed by atoms with Gasteiger partial charge in [0, 0.05) is 24.1 Å². The number of hydrogen-bond donors (Lipinski definition) is 2. The average molecular weight is 457 g/mol. The molecule has 3 aromatic rings. The van der Waals surface area contributed by atoms with Crippen molar-refractivity contribution in [2.24, 2.45) is 0 Å². The number of nitrogens with zero attached hydrogens (tertiary/aromatic N) is 3. The topological polar surface area (TPSA) is 78.3 Å². The Morgan fingerprint density at radius 1 is 1.09 bits per heavy atom. The summed E-state index contributed by atoms with van der Waals surface area (Å²) in [6, 6.07) is 15.4. The Morgan fingerprint density at radius 2 is 1.88 bits per heavy atom. The van der Waals surface area contributed by atoms with Crippen molar-refractivity contribution in [1.82, 2.24) is 14.9 Å². The Balaban J connectivity index is 1.42. The molecule has 0 bridgehead atoms. The number of fused-ring (bicyclic) bond motifs is 3. The lowest BCUT2D eigenvalue weighted by Gasteiger charge is -2.26. The number of nitrogens with one attached hydrogen (secondary N) is 1. The van der Waals surface area contributed by atoms with E-state index in [1.54, 1.807) is 6.92 Å². The van der Waals surface area contributed by atoms with Crippen molar-refractivity contribution in [3.63, 3.8) is 0 Å². The number of piperidine rings is 1. The zero-order valence-electron chi connectivity index (χ0n) is 19.8. The smallest absolute Gasteiger partial charge is 0.164 e. The first-order chi connectivity index (χ1) is 16.6. The van der Waals surface area contributed by atoms with Gasteiger partial charge in [0.05, 0.1) is 5.69 Å². The SMILES string of the molecule is CC(=O)c1ccc2c(c1)Cc1nc(C(O)c3ccccc3)nc(NCCCN3CCCCC3)c1-2. The van der Waals surface area contributed by atoms with E-state index in [1.807, 2.05) is 48.5 Å². The second kappa shape index (κ2) is 10.0. The summed E-state index contributed by atoms with van der Waals surface area (Å²) in [4.78, 5) is 24.0. The number of Topliss-reactive ketones (excluding diaryl/α,β-unsaturated/α-hetero) is 1. The highest BCUT2D eigenvalue weighted by molar-refractivity contribution is 5.96. The Bertz CT molecular complexity index is 1170. The molecule has 0 radical (unpaired) electrons. The molecule has 34 heavy (non-hydrogen) atoms. The van der Waals surface area contributed by atoms with E-state index in [2.05, 4.69) is 10.2 Å². The summed E-state index contributed by atoms with van der Waals surface area (Å²) in [6.07, 6.45) is 4.71. The van der Waals surface area contributed by atoms with Gasteiger partial charge in [-0.15, -0.1) is 0 Å². The van der Waals surface area contributed by atoms with Crippen LogP contribution in [0.15, 0.2) is 48.5 Å². The lowest BCUT2D eigenvalue weighted by Crippen LogP contribution is -2.31. The number of benzene rings is 2. The van der Waals surface area contributed by atoms with Crippen molar-refractivity contribution in [3.05, 3.63) is 76.7 Å². The van der Waals surface area contributed by atoms with Crippen molar-refractivity contribution >= 4 is 11.6 Å². The minimum Gasteiger partial charge on any atom is -0.380 e. The number of hydrogen-bond acceptors (Lipinski definition) is 6. The second-order valence-corrected chi connectivity index (χ2v) is 9.35. The molecular weight excluding hydrogens is 424 g/mol.